The Kier molecular flexibility index (Phi) is 4.58. The molecule has 1 aliphatic heterocycles. The van der Waals surface area contributed by atoms with Crippen molar-refractivity contribution in [3.05, 3.63) is 60.2 Å². The number of anilines is 1. The molecular formula is C16H18FN3O2S. The molecule has 0 bridgehead atoms. The predicted octanol–water partition coefficient (Wildman–Crippen LogP) is 1.87. The van der Waals surface area contributed by atoms with E-state index in [1.54, 1.807) is 12.4 Å². The van der Waals surface area contributed by atoms with Gasteiger partial charge in [0.05, 0.1) is 5.75 Å². The third-order valence-electron chi connectivity index (χ3n) is 3.92. The van der Waals surface area contributed by atoms with Gasteiger partial charge in [-0.3, -0.25) is 4.98 Å². The van der Waals surface area contributed by atoms with Gasteiger partial charge in [-0.15, -0.1) is 0 Å². The van der Waals surface area contributed by atoms with Gasteiger partial charge in [-0.1, -0.05) is 12.1 Å². The van der Waals surface area contributed by atoms with E-state index in [4.69, 9.17) is 0 Å². The van der Waals surface area contributed by atoms with Crippen molar-refractivity contribution in [1.82, 2.24) is 9.29 Å². The minimum atomic E-state index is -3.38. The third kappa shape index (κ3) is 3.86. The number of hydrogen-bond acceptors (Lipinski definition) is 4. The van der Waals surface area contributed by atoms with E-state index in [9.17, 15) is 12.8 Å². The molecule has 122 valence electrons. The fourth-order valence-electron chi connectivity index (χ4n) is 2.66. The van der Waals surface area contributed by atoms with E-state index in [0.29, 0.717) is 31.7 Å². The lowest BCUT2D eigenvalue weighted by Crippen LogP contribution is -2.49. The number of sulfonamides is 1. The Morgan fingerprint density at radius 2 is 1.57 bits per heavy atom. The molecular weight excluding hydrogens is 317 g/mol. The van der Waals surface area contributed by atoms with Gasteiger partial charge in [-0.05, 0) is 29.8 Å². The highest BCUT2D eigenvalue weighted by molar-refractivity contribution is 7.88. The maximum absolute atomic E-state index is 12.9. The van der Waals surface area contributed by atoms with Gasteiger partial charge in [-0.25, -0.2) is 12.8 Å². The normalized spacial score (nSPS) is 16.5. The van der Waals surface area contributed by atoms with E-state index in [2.05, 4.69) is 9.88 Å². The van der Waals surface area contributed by atoms with Gasteiger partial charge in [0.2, 0.25) is 10.0 Å². The molecule has 0 unspecified atom stereocenters. The largest absolute Gasteiger partial charge is 0.369 e. The first-order chi connectivity index (χ1) is 11.0. The van der Waals surface area contributed by atoms with E-state index < -0.39 is 10.0 Å². The van der Waals surface area contributed by atoms with Crippen LogP contribution in [0.15, 0.2) is 48.8 Å². The molecule has 0 radical (unpaired) electrons. The summed E-state index contributed by atoms with van der Waals surface area (Å²) in [5.41, 5.74) is 1.65. The summed E-state index contributed by atoms with van der Waals surface area (Å²) in [4.78, 5) is 6.13. The molecule has 1 saturated heterocycles. The molecule has 7 heteroatoms. The van der Waals surface area contributed by atoms with Crippen molar-refractivity contribution in [3.63, 3.8) is 0 Å². The van der Waals surface area contributed by atoms with E-state index in [1.807, 2.05) is 12.1 Å². The van der Waals surface area contributed by atoms with E-state index in [1.165, 1.54) is 28.6 Å². The van der Waals surface area contributed by atoms with Crippen molar-refractivity contribution < 1.29 is 12.8 Å². The zero-order valence-corrected chi connectivity index (χ0v) is 13.4. The number of nitrogens with zero attached hydrogens (tertiary/aromatic N) is 3. The van der Waals surface area contributed by atoms with Crippen LogP contribution in [-0.4, -0.2) is 43.9 Å². The van der Waals surface area contributed by atoms with E-state index in [0.717, 1.165) is 5.69 Å². The van der Waals surface area contributed by atoms with Gasteiger partial charge >= 0.3 is 0 Å². The Bertz CT molecular complexity index is 743. The molecule has 2 aromatic rings. The van der Waals surface area contributed by atoms with Crippen molar-refractivity contribution in [2.24, 2.45) is 0 Å². The molecule has 2 heterocycles. The highest BCUT2D eigenvalue weighted by Gasteiger charge is 2.27. The Morgan fingerprint density at radius 3 is 2.17 bits per heavy atom. The van der Waals surface area contributed by atoms with Crippen LogP contribution in [0, 0.1) is 5.82 Å². The van der Waals surface area contributed by atoms with Gasteiger partial charge in [0.15, 0.2) is 0 Å². The molecule has 5 nitrogen and oxygen atoms in total. The number of piperazine rings is 1. The maximum Gasteiger partial charge on any atom is 0.218 e. The molecule has 0 saturated carbocycles. The Morgan fingerprint density at radius 1 is 0.957 bits per heavy atom. The first-order valence-electron chi connectivity index (χ1n) is 7.42. The highest BCUT2D eigenvalue weighted by Crippen LogP contribution is 2.18. The summed E-state index contributed by atoms with van der Waals surface area (Å²) in [5, 5.41) is 0. The quantitative estimate of drug-likeness (QED) is 0.856. The summed E-state index contributed by atoms with van der Waals surface area (Å²) in [6.45, 7) is 2.19. The fourth-order valence-corrected chi connectivity index (χ4v) is 4.18. The highest BCUT2D eigenvalue weighted by atomic mass is 32.2. The summed E-state index contributed by atoms with van der Waals surface area (Å²) < 4.78 is 39.4. The van der Waals surface area contributed by atoms with Gasteiger partial charge < -0.3 is 4.90 Å². The summed E-state index contributed by atoms with van der Waals surface area (Å²) in [7, 11) is -3.38. The molecule has 1 fully saturated rings. The minimum absolute atomic E-state index is 0.0947. The van der Waals surface area contributed by atoms with Crippen molar-refractivity contribution in [1.29, 1.82) is 0 Å². The van der Waals surface area contributed by atoms with E-state index in [-0.39, 0.29) is 11.6 Å². The fraction of sp³-hybridized carbons (Fsp3) is 0.312. The lowest BCUT2D eigenvalue weighted by molar-refractivity contribution is 0.384. The first-order valence-corrected chi connectivity index (χ1v) is 9.03. The van der Waals surface area contributed by atoms with Crippen molar-refractivity contribution >= 4 is 15.7 Å². The maximum atomic E-state index is 12.9. The van der Waals surface area contributed by atoms with Crippen LogP contribution in [0.2, 0.25) is 0 Å². The lowest BCUT2D eigenvalue weighted by atomic mass is 10.2. The van der Waals surface area contributed by atoms with Crippen LogP contribution in [0.5, 0.6) is 0 Å². The summed E-state index contributed by atoms with van der Waals surface area (Å²) in [6, 6.07) is 9.43. The number of pyridine rings is 1. The Hall–Kier alpha value is -1.99. The van der Waals surface area contributed by atoms with Crippen LogP contribution in [0.1, 0.15) is 5.56 Å². The average molecular weight is 335 g/mol. The van der Waals surface area contributed by atoms with Crippen LogP contribution in [0.3, 0.4) is 0 Å². The molecule has 1 aliphatic rings. The molecule has 0 amide bonds. The Balaban J connectivity index is 1.63. The number of rotatable bonds is 4. The second kappa shape index (κ2) is 6.64. The predicted molar refractivity (Wildman–Crippen MR) is 87.0 cm³/mol. The molecule has 1 aromatic carbocycles. The number of hydrogen-bond donors (Lipinski definition) is 0. The lowest BCUT2D eigenvalue weighted by Gasteiger charge is -2.35. The molecule has 0 spiro atoms. The Labute approximate surface area is 135 Å². The SMILES string of the molecule is O=S(=O)(Cc1ccc(F)cc1)N1CCN(c2ccncc2)CC1. The third-order valence-corrected chi connectivity index (χ3v) is 5.77. The van der Waals surface area contributed by atoms with Gasteiger partial charge in [0.1, 0.15) is 5.82 Å². The first kappa shape index (κ1) is 15.9. The molecule has 3 rings (SSSR count). The van der Waals surface area contributed by atoms with Crippen LogP contribution in [0.25, 0.3) is 0 Å². The van der Waals surface area contributed by atoms with Gasteiger partial charge in [0, 0.05) is 44.3 Å². The van der Waals surface area contributed by atoms with E-state index >= 15 is 0 Å². The minimum Gasteiger partial charge on any atom is -0.369 e. The summed E-state index contributed by atoms with van der Waals surface area (Å²) in [6.07, 6.45) is 3.46. The number of halogens is 1. The van der Waals surface area contributed by atoms with Crippen LogP contribution in [0.4, 0.5) is 10.1 Å². The van der Waals surface area contributed by atoms with Crippen LogP contribution in [-0.2, 0) is 15.8 Å². The average Bonchev–Trinajstić information content (AvgIpc) is 2.58. The van der Waals surface area contributed by atoms with Crippen molar-refractivity contribution in [2.75, 3.05) is 31.1 Å². The second-order valence-electron chi connectivity index (χ2n) is 5.47. The smallest absolute Gasteiger partial charge is 0.218 e. The zero-order chi connectivity index (χ0) is 16.3. The van der Waals surface area contributed by atoms with Crippen molar-refractivity contribution in [3.8, 4) is 0 Å². The number of aromatic nitrogens is 1. The standard InChI is InChI=1S/C16H18FN3O2S/c17-15-3-1-14(2-4-15)13-23(21,22)20-11-9-19(10-12-20)16-5-7-18-8-6-16/h1-8H,9-13H2. The zero-order valence-electron chi connectivity index (χ0n) is 12.6. The molecule has 0 aliphatic carbocycles. The van der Waals surface area contributed by atoms with Gasteiger partial charge in [0.25, 0.3) is 0 Å². The van der Waals surface area contributed by atoms with Crippen LogP contribution < -0.4 is 4.90 Å². The van der Waals surface area contributed by atoms with Crippen molar-refractivity contribution in [2.45, 2.75) is 5.75 Å². The monoisotopic (exact) mass is 335 g/mol. The molecule has 0 atom stereocenters. The number of benzene rings is 1. The second-order valence-corrected chi connectivity index (χ2v) is 7.44. The topological polar surface area (TPSA) is 53.5 Å². The molecule has 0 N–H and O–H groups in total. The van der Waals surface area contributed by atoms with Crippen LogP contribution >= 0.6 is 0 Å². The molecule has 23 heavy (non-hydrogen) atoms. The molecule has 1 aromatic heterocycles. The summed E-state index contributed by atoms with van der Waals surface area (Å²) in [5.74, 6) is -0.458. The van der Waals surface area contributed by atoms with Gasteiger partial charge in [-0.2, -0.15) is 4.31 Å². The summed E-state index contributed by atoms with van der Waals surface area (Å²) >= 11 is 0.